The average Bonchev–Trinajstić information content (AvgIpc) is 3.26. The quantitative estimate of drug-likeness (QED) is 0.751. The minimum absolute atomic E-state index is 0.0247. The maximum Gasteiger partial charge on any atom is 0.271 e. The minimum Gasteiger partial charge on any atom is -0.365 e. The Bertz CT molecular complexity index is 926. The number of hydrogen-bond acceptors (Lipinski definition) is 5. The topological polar surface area (TPSA) is 82.2 Å². The lowest BCUT2D eigenvalue weighted by molar-refractivity contribution is 0.00258. The van der Waals surface area contributed by atoms with E-state index in [0.29, 0.717) is 31.8 Å². The van der Waals surface area contributed by atoms with Gasteiger partial charge in [-0.25, -0.2) is 4.98 Å². The lowest BCUT2D eigenvalue weighted by Gasteiger charge is -2.25. The molecule has 7 nitrogen and oxygen atoms in total. The molecule has 2 aromatic heterocycles. The Morgan fingerprint density at radius 2 is 2.11 bits per heavy atom. The van der Waals surface area contributed by atoms with Crippen LogP contribution < -0.4 is 5.32 Å². The lowest BCUT2D eigenvalue weighted by atomic mass is 10.1. The van der Waals surface area contributed by atoms with Crippen LogP contribution in [0.15, 0.2) is 41.2 Å². The van der Waals surface area contributed by atoms with Crippen LogP contribution >= 0.6 is 0 Å². The van der Waals surface area contributed by atoms with Crippen LogP contribution in [0.3, 0.4) is 0 Å². The summed E-state index contributed by atoms with van der Waals surface area (Å²) in [7, 11) is 0. The van der Waals surface area contributed by atoms with Crippen LogP contribution in [0.2, 0.25) is 0 Å². The number of fused-ring (bicyclic) bond motifs is 1. The molecule has 1 N–H and O–H groups in total. The SMILES string of the molecule is Cc1noc(C)c1CCNC(=O)c1ncn2c1COC(c1ccccc1)C2. The van der Waals surface area contributed by atoms with Crippen LogP contribution in [0.5, 0.6) is 0 Å². The van der Waals surface area contributed by atoms with Crippen LogP contribution in [0.1, 0.15) is 44.9 Å². The van der Waals surface area contributed by atoms with Crippen molar-refractivity contribution in [2.45, 2.75) is 39.5 Å². The number of carbonyl (C=O) groups excluding carboxylic acids is 1. The molecule has 0 aliphatic carbocycles. The zero-order chi connectivity index (χ0) is 18.8. The molecule has 0 fully saturated rings. The fourth-order valence-electron chi connectivity index (χ4n) is 3.43. The van der Waals surface area contributed by atoms with Gasteiger partial charge < -0.3 is 19.1 Å². The number of ether oxygens (including phenoxy) is 1. The molecule has 4 rings (SSSR count). The summed E-state index contributed by atoms with van der Waals surface area (Å²) in [6, 6.07) is 10.1. The molecule has 3 aromatic rings. The molecule has 0 saturated heterocycles. The van der Waals surface area contributed by atoms with Crippen molar-refractivity contribution in [1.82, 2.24) is 20.0 Å². The molecule has 1 amide bonds. The second kappa shape index (κ2) is 7.36. The average molecular weight is 366 g/mol. The van der Waals surface area contributed by atoms with E-state index in [4.69, 9.17) is 9.26 Å². The first-order chi connectivity index (χ1) is 13.1. The Morgan fingerprint density at radius 3 is 2.85 bits per heavy atom. The Hall–Kier alpha value is -2.93. The van der Waals surface area contributed by atoms with Gasteiger partial charge in [0, 0.05) is 12.1 Å². The zero-order valence-corrected chi connectivity index (χ0v) is 15.4. The molecular formula is C20H22N4O3. The Balaban J connectivity index is 1.39. The van der Waals surface area contributed by atoms with Gasteiger partial charge in [0.1, 0.15) is 11.9 Å². The van der Waals surface area contributed by atoms with Crippen molar-refractivity contribution >= 4 is 5.91 Å². The first-order valence-electron chi connectivity index (χ1n) is 9.04. The van der Waals surface area contributed by atoms with Crippen molar-refractivity contribution in [2.24, 2.45) is 0 Å². The van der Waals surface area contributed by atoms with Crippen LogP contribution in [0.25, 0.3) is 0 Å². The van der Waals surface area contributed by atoms with E-state index in [1.54, 1.807) is 6.33 Å². The van der Waals surface area contributed by atoms with Gasteiger partial charge >= 0.3 is 0 Å². The molecule has 27 heavy (non-hydrogen) atoms. The number of amides is 1. The number of benzene rings is 1. The van der Waals surface area contributed by atoms with E-state index >= 15 is 0 Å². The number of nitrogens with zero attached hydrogens (tertiary/aromatic N) is 3. The lowest BCUT2D eigenvalue weighted by Crippen LogP contribution is -2.29. The first-order valence-corrected chi connectivity index (χ1v) is 9.04. The van der Waals surface area contributed by atoms with E-state index in [1.807, 2.05) is 36.6 Å². The highest BCUT2D eigenvalue weighted by Crippen LogP contribution is 2.27. The first kappa shape index (κ1) is 17.5. The van der Waals surface area contributed by atoms with Crippen LogP contribution in [-0.2, 0) is 24.3 Å². The van der Waals surface area contributed by atoms with E-state index in [1.165, 1.54) is 0 Å². The minimum atomic E-state index is -0.183. The highest BCUT2D eigenvalue weighted by molar-refractivity contribution is 5.93. The molecule has 0 saturated carbocycles. The summed E-state index contributed by atoms with van der Waals surface area (Å²) in [4.78, 5) is 16.9. The van der Waals surface area contributed by atoms with Gasteiger partial charge in [0.25, 0.3) is 5.91 Å². The van der Waals surface area contributed by atoms with Gasteiger partial charge in [-0.15, -0.1) is 0 Å². The fourth-order valence-corrected chi connectivity index (χ4v) is 3.43. The molecule has 1 aromatic carbocycles. The highest BCUT2D eigenvalue weighted by atomic mass is 16.5. The van der Waals surface area contributed by atoms with Crippen molar-refractivity contribution in [1.29, 1.82) is 0 Å². The standard InChI is InChI=1S/C20H22N4O3/c1-13-16(14(2)27-23-13)8-9-21-20(25)19-17-11-26-18(10-24(17)12-22-19)15-6-4-3-5-7-15/h3-7,12,18H,8-11H2,1-2H3,(H,21,25). The molecule has 0 spiro atoms. The summed E-state index contributed by atoms with van der Waals surface area (Å²) in [5.41, 5.74) is 4.28. The third kappa shape index (κ3) is 3.50. The molecule has 1 aliphatic heterocycles. The van der Waals surface area contributed by atoms with E-state index in [9.17, 15) is 4.79 Å². The number of imidazole rings is 1. The zero-order valence-electron chi connectivity index (χ0n) is 15.4. The van der Waals surface area contributed by atoms with Crippen molar-refractivity contribution in [2.75, 3.05) is 6.54 Å². The van der Waals surface area contributed by atoms with Gasteiger partial charge in [0.2, 0.25) is 0 Å². The van der Waals surface area contributed by atoms with Gasteiger partial charge in [0.05, 0.1) is 30.9 Å². The summed E-state index contributed by atoms with van der Waals surface area (Å²) in [5.74, 6) is 0.610. The van der Waals surface area contributed by atoms with E-state index in [0.717, 1.165) is 28.3 Å². The van der Waals surface area contributed by atoms with Gasteiger partial charge in [-0.1, -0.05) is 35.5 Å². The third-order valence-electron chi connectivity index (χ3n) is 4.96. The van der Waals surface area contributed by atoms with Crippen molar-refractivity contribution in [3.05, 3.63) is 70.6 Å². The van der Waals surface area contributed by atoms with Gasteiger partial charge in [-0.2, -0.15) is 0 Å². The summed E-state index contributed by atoms with van der Waals surface area (Å²) < 4.78 is 13.1. The maximum absolute atomic E-state index is 12.5. The monoisotopic (exact) mass is 366 g/mol. The summed E-state index contributed by atoms with van der Waals surface area (Å²) >= 11 is 0. The van der Waals surface area contributed by atoms with Gasteiger partial charge in [0.15, 0.2) is 5.69 Å². The van der Waals surface area contributed by atoms with E-state index < -0.39 is 0 Å². The largest absolute Gasteiger partial charge is 0.365 e. The van der Waals surface area contributed by atoms with Crippen LogP contribution in [0, 0.1) is 13.8 Å². The number of hydrogen-bond donors (Lipinski definition) is 1. The molecule has 1 atom stereocenters. The summed E-state index contributed by atoms with van der Waals surface area (Å²) in [5, 5.41) is 6.86. The number of rotatable bonds is 5. The van der Waals surface area contributed by atoms with Crippen molar-refractivity contribution in [3.8, 4) is 0 Å². The van der Waals surface area contributed by atoms with Gasteiger partial charge in [-0.05, 0) is 25.8 Å². The Morgan fingerprint density at radius 1 is 1.30 bits per heavy atom. The van der Waals surface area contributed by atoms with Crippen LogP contribution in [0.4, 0.5) is 0 Å². The number of carbonyl (C=O) groups is 1. The predicted octanol–water partition coefficient (Wildman–Crippen LogP) is 2.73. The molecule has 140 valence electrons. The van der Waals surface area contributed by atoms with Crippen molar-refractivity contribution in [3.63, 3.8) is 0 Å². The van der Waals surface area contributed by atoms with Gasteiger partial charge in [-0.3, -0.25) is 4.79 Å². The number of aromatic nitrogens is 3. The molecular weight excluding hydrogens is 344 g/mol. The molecule has 7 heteroatoms. The molecule has 0 bridgehead atoms. The Labute approximate surface area is 157 Å². The number of nitrogens with one attached hydrogen (secondary N) is 1. The van der Waals surface area contributed by atoms with Crippen molar-refractivity contribution < 1.29 is 14.1 Å². The summed E-state index contributed by atoms with van der Waals surface area (Å²) in [6.45, 7) is 5.30. The second-order valence-electron chi connectivity index (χ2n) is 6.71. The molecule has 3 heterocycles. The Kier molecular flexibility index (Phi) is 4.77. The molecule has 1 unspecified atom stereocenters. The maximum atomic E-state index is 12.5. The fraction of sp³-hybridized carbons (Fsp3) is 0.350. The smallest absolute Gasteiger partial charge is 0.271 e. The highest BCUT2D eigenvalue weighted by Gasteiger charge is 2.26. The van der Waals surface area contributed by atoms with E-state index in [2.05, 4.69) is 27.6 Å². The van der Waals surface area contributed by atoms with Crippen LogP contribution in [-0.4, -0.2) is 27.2 Å². The molecule has 1 aliphatic rings. The number of aryl methyl sites for hydroxylation is 2. The predicted molar refractivity (Wildman–Crippen MR) is 98.2 cm³/mol. The second-order valence-corrected chi connectivity index (χ2v) is 6.71. The normalized spacial score (nSPS) is 16.1. The molecule has 0 radical (unpaired) electrons. The van der Waals surface area contributed by atoms with E-state index in [-0.39, 0.29) is 12.0 Å². The third-order valence-corrected chi connectivity index (χ3v) is 4.96. The summed E-state index contributed by atoms with van der Waals surface area (Å²) in [6.07, 6.45) is 2.37.